The zero-order chi connectivity index (χ0) is 12.5. The highest BCUT2D eigenvalue weighted by atomic mass is 32.1. The van der Waals surface area contributed by atoms with Crippen molar-refractivity contribution < 1.29 is 4.74 Å². The van der Waals surface area contributed by atoms with Gasteiger partial charge in [0.25, 0.3) is 0 Å². The van der Waals surface area contributed by atoms with Gasteiger partial charge in [-0.2, -0.15) is 0 Å². The van der Waals surface area contributed by atoms with E-state index in [1.807, 2.05) is 0 Å². The maximum atomic E-state index is 5.98. The van der Waals surface area contributed by atoms with Crippen LogP contribution in [0.1, 0.15) is 46.0 Å². The number of nitrogens with two attached hydrogens (primary N) is 1. The average Bonchev–Trinajstić information content (AvgIpc) is 2.23. The first-order valence-electron chi connectivity index (χ1n) is 6.70. The van der Waals surface area contributed by atoms with Crippen LogP contribution in [0.4, 0.5) is 0 Å². The van der Waals surface area contributed by atoms with E-state index in [0.29, 0.717) is 17.1 Å². The highest BCUT2D eigenvalue weighted by molar-refractivity contribution is 7.80. The first-order chi connectivity index (χ1) is 8.02. The standard InChI is InChI=1S/C13H24N2OS/c1-10(2)15(9-12(14)17)11-4-7-16-13(8-11)5-3-6-13/h10-11H,3-9H2,1-2H3,(H2,14,17). The summed E-state index contributed by atoms with van der Waals surface area (Å²) in [4.78, 5) is 3.05. The summed E-state index contributed by atoms with van der Waals surface area (Å²) in [6, 6.07) is 1.09. The van der Waals surface area contributed by atoms with Gasteiger partial charge in [0.15, 0.2) is 0 Å². The third-order valence-electron chi connectivity index (χ3n) is 4.20. The second-order valence-electron chi connectivity index (χ2n) is 5.76. The van der Waals surface area contributed by atoms with E-state index in [1.165, 1.54) is 19.3 Å². The van der Waals surface area contributed by atoms with Gasteiger partial charge in [-0.25, -0.2) is 0 Å². The van der Waals surface area contributed by atoms with Crippen molar-refractivity contribution in [2.75, 3.05) is 13.2 Å². The molecule has 3 nitrogen and oxygen atoms in total. The largest absolute Gasteiger partial charge is 0.392 e. The molecule has 1 spiro atoms. The number of rotatable bonds is 4. The molecular formula is C13H24N2OS. The average molecular weight is 256 g/mol. The summed E-state index contributed by atoms with van der Waals surface area (Å²) in [5.74, 6) is 0. The number of nitrogens with zero attached hydrogens (tertiary/aromatic N) is 1. The second-order valence-corrected chi connectivity index (χ2v) is 6.29. The number of hydrogen-bond acceptors (Lipinski definition) is 3. The van der Waals surface area contributed by atoms with Gasteiger partial charge in [0, 0.05) is 25.2 Å². The second kappa shape index (κ2) is 5.21. The molecule has 2 fully saturated rings. The lowest BCUT2D eigenvalue weighted by atomic mass is 9.73. The fourth-order valence-electron chi connectivity index (χ4n) is 3.12. The van der Waals surface area contributed by atoms with Crippen molar-refractivity contribution in [2.45, 2.75) is 63.6 Å². The predicted octanol–water partition coefficient (Wildman–Crippen LogP) is 2.08. The summed E-state index contributed by atoms with van der Waals surface area (Å²) >= 11 is 5.06. The van der Waals surface area contributed by atoms with E-state index < -0.39 is 0 Å². The van der Waals surface area contributed by atoms with Crippen molar-refractivity contribution in [3.63, 3.8) is 0 Å². The van der Waals surface area contributed by atoms with E-state index in [1.54, 1.807) is 0 Å². The van der Waals surface area contributed by atoms with Crippen LogP contribution in [0.5, 0.6) is 0 Å². The van der Waals surface area contributed by atoms with E-state index >= 15 is 0 Å². The van der Waals surface area contributed by atoms with Gasteiger partial charge in [-0.3, -0.25) is 4.90 Å². The molecule has 1 heterocycles. The molecule has 2 rings (SSSR count). The Bertz CT molecular complexity index is 289. The number of ether oxygens (including phenoxy) is 1. The van der Waals surface area contributed by atoms with Gasteiger partial charge in [-0.05, 0) is 46.0 Å². The van der Waals surface area contributed by atoms with Crippen LogP contribution in [-0.4, -0.2) is 40.7 Å². The molecule has 2 aliphatic rings. The van der Waals surface area contributed by atoms with Crippen LogP contribution in [0.15, 0.2) is 0 Å². The first kappa shape index (κ1) is 13.2. The quantitative estimate of drug-likeness (QED) is 0.782. The molecule has 0 amide bonds. The lowest BCUT2D eigenvalue weighted by molar-refractivity contribution is -0.149. The van der Waals surface area contributed by atoms with Crippen molar-refractivity contribution >= 4 is 17.2 Å². The smallest absolute Gasteiger partial charge is 0.0870 e. The predicted molar refractivity (Wildman–Crippen MR) is 74.2 cm³/mol. The normalized spacial score (nSPS) is 27.4. The Labute approximate surface area is 110 Å². The summed E-state index contributed by atoms with van der Waals surface area (Å²) < 4.78 is 5.98. The van der Waals surface area contributed by atoms with Gasteiger partial charge >= 0.3 is 0 Å². The Morgan fingerprint density at radius 2 is 2.24 bits per heavy atom. The molecule has 1 atom stereocenters. The highest BCUT2D eigenvalue weighted by Gasteiger charge is 2.44. The van der Waals surface area contributed by atoms with Crippen molar-refractivity contribution in [3.05, 3.63) is 0 Å². The molecule has 0 aromatic heterocycles. The summed E-state index contributed by atoms with van der Waals surface area (Å²) in [5, 5.41) is 0. The SMILES string of the molecule is CC(C)N(CC(N)=S)C1CCOC2(CCC2)C1. The van der Waals surface area contributed by atoms with Gasteiger partial charge in [0.1, 0.15) is 0 Å². The molecule has 0 aromatic rings. The third kappa shape index (κ3) is 2.98. The topological polar surface area (TPSA) is 38.5 Å². The minimum Gasteiger partial charge on any atom is -0.392 e. The molecule has 1 saturated heterocycles. The van der Waals surface area contributed by atoms with Gasteiger partial charge in [0.05, 0.1) is 10.6 Å². The third-order valence-corrected chi connectivity index (χ3v) is 4.33. The van der Waals surface area contributed by atoms with E-state index in [0.717, 1.165) is 26.0 Å². The van der Waals surface area contributed by atoms with Gasteiger partial charge in [-0.1, -0.05) is 12.2 Å². The van der Waals surface area contributed by atoms with E-state index in [-0.39, 0.29) is 5.60 Å². The molecule has 0 radical (unpaired) electrons. The molecule has 17 heavy (non-hydrogen) atoms. The molecule has 2 N–H and O–H groups in total. The molecule has 0 aromatic carbocycles. The van der Waals surface area contributed by atoms with Crippen LogP contribution in [0.25, 0.3) is 0 Å². The number of hydrogen-bond donors (Lipinski definition) is 1. The van der Waals surface area contributed by atoms with Crippen molar-refractivity contribution in [1.82, 2.24) is 4.90 Å². The molecule has 1 aliphatic carbocycles. The fourth-order valence-corrected chi connectivity index (χ4v) is 3.27. The van der Waals surface area contributed by atoms with Gasteiger partial charge < -0.3 is 10.5 Å². The molecule has 1 saturated carbocycles. The first-order valence-corrected chi connectivity index (χ1v) is 7.11. The molecule has 1 aliphatic heterocycles. The molecule has 1 unspecified atom stereocenters. The Balaban J connectivity index is 2.00. The van der Waals surface area contributed by atoms with Crippen molar-refractivity contribution in [2.24, 2.45) is 5.73 Å². The lowest BCUT2D eigenvalue weighted by Crippen LogP contribution is -2.54. The van der Waals surface area contributed by atoms with E-state index in [4.69, 9.17) is 22.7 Å². The zero-order valence-electron chi connectivity index (χ0n) is 10.9. The Morgan fingerprint density at radius 1 is 1.53 bits per heavy atom. The van der Waals surface area contributed by atoms with Crippen LogP contribution >= 0.6 is 12.2 Å². The fraction of sp³-hybridized carbons (Fsp3) is 0.923. The van der Waals surface area contributed by atoms with E-state index in [2.05, 4.69) is 18.7 Å². The summed E-state index contributed by atoms with van der Waals surface area (Å²) in [6.45, 7) is 6.08. The van der Waals surface area contributed by atoms with Crippen LogP contribution in [-0.2, 0) is 4.74 Å². The minimum atomic E-state index is 0.201. The van der Waals surface area contributed by atoms with Crippen molar-refractivity contribution in [3.8, 4) is 0 Å². The van der Waals surface area contributed by atoms with Gasteiger partial charge in [0.2, 0.25) is 0 Å². The highest BCUT2D eigenvalue weighted by Crippen LogP contribution is 2.43. The molecule has 4 heteroatoms. The van der Waals surface area contributed by atoms with E-state index in [9.17, 15) is 0 Å². The van der Waals surface area contributed by atoms with Crippen LogP contribution in [0, 0.1) is 0 Å². The maximum absolute atomic E-state index is 5.98. The molecule has 0 bridgehead atoms. The summed E-state index contributed by atoms with van der Waals surface area (Å²) in [5.41, 5.74) is 5.91. The summed E-state index contributed by atoms with van der Waals surface area (Å²) in [7, 11) is 0. The Hall–Kier alpha value is -0.190. The minimum absolute atomic E-state index is 0.201. The summed E-state index contributed by atoms with van der Waals surface area (Å²) in [6.07, 6.45) is 6.07. The lowest BCUT2D eigenvalue weighted by Gasteiger charge is -2.50. The molecule has 98 valence electrons. The van der Waals surface area contributed by atoms with Gasteiger partial charge in [-0.15, -0.1) is 0 Å². The Kier molecular flexibility index (Phi) is 4.06. The molecular weight excluding hydrogens is 232 g/mol. The maximum Gasteiger partial charge on any atom is 0.0870 e. The Morgan fingerprint density at radius 3 is 2.71 bits per heavy atom. The zero-order valence-corrected chi connectivity index (χ0v) is 11.8. The number of thiocarbonyl (C=S) groups is 1. The van der Waals surface area contributed by atoms with Crippen molar-refractivity contribution in [1.29, 1.82) is 0 Å². The van der Waals surface area contributed by atoms with Crippen LogP contribution in [0.3, 0.4) is 0 Å². The van der Waals surface area contributed by atoms with Crippen LogP contribution in [0.2, 0.25) is 0 Å². The monoisotopic (exact) mass is 256 g/mol. The van der Waals surface area contributed by atoms with Crippen LogP contribution < -0.4 is 5.73 Å².